The SMILES string of the molecule is CCC1(CC)c2cc(C(=O)/C(C)=N/OC(C)=O)ccc2-c2c([N+](=O)[O-])cc(C(=O)/C(C)=N/OC(C)=O)cc21. The van der Waals surface area contributed by atoms with Crippen molar-refractivity contribution in [2.24, 2.45) is 10.3 Å². The van der Waals surface area contributed by atoms with Crippen molar-refractivity contribution in [1.29, 1.82) is 0 Å². The normalized spacial score (nSPS) is 13.8. The van der Waals surface area contributed by atoms with Gasteiger partial charge in [-0.3, -0.25) is 19.7 Å². The molecule has 11 heteroatoms. The van der Waals surface area contributed by atoms with Gasteiger partial charge in [-0.15, -0.1) is 0 Å². The fraction of sp³-hybridized carbons (Fsp3) is 0.333. The number of carbonyl (C=O) groups is 4. The summed E-state index contributed by atoms with van der Waals surface area (Å²) in [6.45, 7) is 8.93. The minimum absolute atomic E-state index is 0.0311. The van der Waals surface area contributed by atoms with E-state index in [1.807, 2.05) is 13.8 Å². The lowest BCUT2D eigenvalue weighted by Gasteiger charge is -2.30. The highest BCUT2D eigenvalue weighted by molar-refractivity contribution is 6.45. The average molecular weight is 522 g/mol. The number of nitro benzene ring substituents is 1. The zero-order chi connectivity index (χ0) is 28.4. The molecular weight excluding hydrogens is 494 g/mol. The molecule has 2 aromatic rings. The van der Waals surface area contributed by atoms with Crippen LogP contribution in [-0.4, -0.2) is 39.9 Å². The molecule has 2 aromatic carbocycles. The van der Waals surface area contributed by atoms with Crippen molar-refractivity contribution in [3.8, 4) is 11.1 Å². The predicted octanol–water partition coefficient (Wildman–Crippen LogP) is 4.92. The smallest absolute Gasteiger partial charge is 0.318 e. The van der Waals surface area contributed by atoms with Gasteiger partial charge in [0.25, 0.3) is 5.69 Å². The van der Waals surface area contributed by atoms with E-state index in [-0.39, 0.29) is 28.2 Å². The first kappa shape index (κ1) is 28.0. The van der Waals surface area contributed by atoms with Crippen molar-refractivity contribution in [1.82, 2.24) is 0 Å². The van der Waals surface area contributed by atoms with E-state index in [2.05, 4.69) is 20.0 Å². The third-order valence-electron chi connectivity index (χ3n) is 6.65. The number of oxime groups is 2. The van der Waals surface area contributed by atoms with E-state index in [0.29, 0.717) is 35.1 Å². The van der Waals surface area contributed by atoms with E-state index < -0.39 is 33.8 Å². The highest BCUT2D eigenvalue weighted by atomic mass is 16.7. The average Bonchev–Trinajstić information content (AvgIpc) is 3.17. The molecule has 0 spiro atoms. The number of hydrogen-bond donors (Lipinski definition) is 0. The molecule has 0 bridgehead atoms. The lowest BCUT2D eigenvalue weighted by atomic mass is 9.73. The van der Waals surface area contributed by atoms with Gasteiger partial charge < -0.3 is 9.68 Å². The maximum absolute atomic E-state index is 13.1. The van der Waals surface area contributed by atoms with Crippen LogP contribution in [-0.2, 0) is 24.7 Å². The zero-order valence-corrected chi connectivity index (χ0v) is 21.9. The summed E-state index contributed by atoms with van der Waals surface area (Å²) in [5, 5.41) is 19.3. The summed E-state index contributed by atoms with van der Waals surface area (Å²) in [5.41, 5.74) is 1.41. The molecule has 1 aliphatic rings. The molecule has 0 heterocycles. The molecule has 0 amide bonds. The van der Waals surface area contributed by atoms with Gasteiger partial charge in [-0.2, -0.15) is 0 Å². The monoisotopic (exact) mass is 521 g/mol. The van der Waals surface area contributed by atoms with E-state index in [1.54, 1.807) is 18.2 Å². The molecule has 0 radical (unpaired) electrons. The van der Waals surface area contributed by atoms with Crippen LogP contribution in [0.1, 0.15) is 86.2 Å². The van der Waals surface area contributed by atoms with Crippen LogP contribution in [0, 0.1) is 10.1 Å². The zero-order valence-electron chi connectivity index (χ0n) is 21.9. The Labute approximate surface area is 218 Å². The second-order valence-electron chi connectivity index (χ2n) is 8.90. The molecule has 0 saturated heterocycles. The quantitative estimate of drug-likeness (QED) is 0.148. The van der Waals surface area contributed by atoms with Crippen molar-refractivity contribution in [3.05, 3.63) is 62.7 Å². The number of nitrogens with zero attached hydrogens (tertiary/aromatic N) is 3. The van der Waals surface area contributed by atoms with Crippen LogP contribution in [0.15, 0.2) is 40.6 Å². The summed E-state index contributed by atoms with van der Waals surface area (Å²) in [7, 11) is 0. The third-order valence-corrected chi connectivity index (χ3v) is 6.65. The van der Waals surface area contributed by atoms with Crippen molar-refractivity contribution in [3.63, 3.8) is 0 Å². The summed E-state index contributed by atoms with van der Waals surface area (Å²) in [6.07, 6.45) is 1.05. The molecule has 0 N–H and O–H groups in total. The molecular formula is C27H27N3O8. The summed E-state index contributed by atoms with van der Waals surface area (Å²) >= 11 is 0. The fourth-order valence-electron chi connectivity index (χ4n) is 4.78. The molecule has 0 saturated carbocycles. The number of rotatable bonds is 9. The molecule has 11 nitrogen and oxygen atoms in total. The number of carbonyl (C=O) groups excluding carboxylic acids is 4. The summed E-state index contributed by atoms with van der Waals surface area (Å²) < 4.78 is 0. The highest BCUT2D eigenvalue weighted by Crippen LogP contribution is 2.56. The standard InChI is InChI=1S/C27H27N3O8/c1-7-27(8-2)21-11-18(25(33)14(3)28-37-16(5)31)9-10-20(21)24-22(27)12-19(13-23(24)30(35)36)26(34)15(4)29-38-17(6)32/h9-13H,7-8H2,1-6H3/b28-14+,29-15+. The number of ketones is 2. The van der Waals surface area contributed by atoms with E-state index in [0.717, 1.165) is 6.92 Å². The van der Waals surface area contributed by atoms with Crippen molar-refractivity contribution in [2.45, 2.75) is 59.8 Å². The lowest BCUT2D eigenvalue weighted by molar-refractivity contribution is -0.384. The number of nitro groups is 1. The van der Waals surface area contributed by atoms with Crippen LogP contribution in [0.5, 0.6) is 0 Å². The third kappa shape index (κ3) is 4.99. The Hall–Kier alpha value is -4.54. The van der Waals surface area contributed by atoms with Gasteiger partial charge in [-0.05, 0) is 55.5 Å². The highest BCUT2D eigenvalue weighted by Gasteiger charge is 2.45. The largest absolute Gasteiger partial charge is 0.331 e. The van der Waals surface area contributed by atoms with Crippen LogP contribution in [0.3, 0.4) is 0 Å². The second-order valence-corrected chi connectivity index (χ2v) is 8.90. The van der Waals surface area contributed by atoms with Crippen molar-refractivity contribution >= 4 is 40.6 Å². The first-order valence-electron chi connectivity index (χ1n) is 11.9. The van der Waals surface area contributed by atoms with Crippen molar-refractivity contribution < 1.29 is 33.8 Å². The van der Waals surface area contributed by atoms with Gasteiger partial charge >= 0.3 is 11.9 Å². The van der Waals surface area contributed by atoms with Crippen molar-refractivity contribution in [2.75, 3.05) is 0 Å². The topological polar surface area (TPSA) is 155 Å². The molecule has 0 atom stereocenters. The van der Waals surface area contributed by atoms with Gasteiger partial charge in [-0.1, -0.05) is 36.3 Å². The number of benzene rings is 2. The maximum atomic E-state index is 13.1. The van der Waals surface area contributed by atoms with Gasteiger partial charge in [0, 0.05) is 36.5 Å². The van der Waals surface area contributed by atoms with Crippen LogP contribution in [0.4, 0.5) is 5.69 Å². The molecule has 0 unspecified atom stereocenters. The number of fused-ring (bicyclic) bond motifs is 3. The minimum Gasteiger partial charge on any atom is -0.318 e. The fourth-order valence-corrected chi connectivity index (χ4v) is 4.78. The van der Waals surface area contributed by atoms with E-state index in [9.17, 15) is 29.3 Å². The summed E-state index contributed by atoms with van der Waals surface area (Å²) in [6, 6.07) is 7.66. The first-order chi connectivity index (χ1) is 17.9. The predicted molar refractivity (Wildman–Crippen MR) is 138 cm³/mol. The first-order valence-corrected chi connectivity index (χ1v) is 11.9. The van der Waals surface area contributed by atoms with E-state index >= 15 is 0 Å². The Morgan fingerprint density at radius 1 is 0.816 bits per heavy atom. The van der Waals surface area contributed by atoms with Gasteiger partial charge in [0.15, 0.2) is 0 Å². The number of Topliss-reactive ketones (excluding diaryl/α,β-unsaturated/α-hetero) is 2. The second kappa shape index (κ2) is 10.8. The van der Waals surface area contributed by atoms with Crippen LogP contribution in [0.2, 0.25) is 0 Å². The summed E-state index contributed by atoms with van der Waals surface area (Å²) in [5.74, 6) is -2.46. The molecule has 38 heavy (non-hydrogen) atoms. The number of hydrogen-bond acceptors (Lipinski definition) is 10. The van der Waals surface area contributed by atoms with Gasteiger partial charge in [0.05, 0.1) is 10.5 Å². The Morgan fingerprint density at radius 3 is 1.79 bits per heavy atom. The lowest BCUT2D eigenvalue weighted by Crippen LogP contribution is -2.24. The van der Waals surface area contributed by atoms with Gasteiger partial charge in [0.1, 0.15) is 11.4 Å². The van der Waals surface area contributed by atoms with Gasteiger partial charge in [-0.25, -0.2) is 9.59 Å². The van der Waals surface area contributed by atoms with E-state index in [1.165, 1.54) is 32.9 Å². The Bertz CT molecular complexity index is 1430. The maximum Gasteiger partial charge on any atom is 0.331 e. The van der Waals surface area contributed by atoms with E-state index in [4.69, 9.17) is 0 Å². The molecule has 198 valence electrons. The van der Waals surface area contributed by atoms with Crippen LogP contribution in [0.25, 0.3) is 11.1 Å². The molecule has 3 rings (SSSR count). The summed E-state index contributed by atoms with van der Waals surface area (Å²) in [4.78, 5) is 69.0. The van der Waals surface area contributed by atoms with Crippen LogP contribution >= 0.6 is 0 Å². The Balaban J connectivity index is 2.23. The van der Waals surface area contributed by atoms with Crippen LogP contribution < -0.4 is 0 Å². The molecule has 0 fully saturated rings. The Kier molecular flexibility index (Phi) is 7.99. The Morgan fingerprint density at radius 2 is 1.32 bits per heavy atom. The molecule has 0 aromatic heterocycles. The molecule has 1 aliphatic carbocycles. The molecule has 0 aliphatic heterocycles. The van der Waals surface area contributed by atoms with Gasteiger partial charge in [0.2, 0.25) is 11.6 Å². The minimum atomic E-state index is -0.732.